The first kappa shape index (κ1) is 10.7. The predicted molar refractivity (Wildman–Crippen MR) is 54.0 cm³/mol. The summed E-state index contributed by atoms with van der Waals surface area (Å²) >= 11 is 0. The number of hydrogen-bond donors (Lipinski definition) is 0. The summed E-state index contributed by atoms with van der Waals surface area (Å²) < 4.78 is 15.9. The Morgan fingerprint density at radius 2 is 2.00 bits per heavy atom. The van der Waals surface area contributed by atoms with E-state index in [4.69, 9.17) is 0 Å². The molecule has 0 radical (unpaired) electrons. The number of benzene rings is 1. The van der Waals surface area contributed by atoms with Crippen molar-refractivity contribution in [2.45, 2.75) is 4.90 Å². The summed E-state index contributed by atoms with van der Waals surface area (Å²) in [6, 6.07) is 8.89. The highest BCUT2D eigenvalue weighted by molar-refractivity contribution is 7.88. The Labute approximate surface area is 84.9 Å². The van der Waals surface area contributed by atoms with Gasteiger partial charge in [0.1, 0.15) is 0 Å². The van der Waals surface area contributed by atoms with E-state index >= 15 is 0 Å². The molecule has 4 heteroatoms. The summed E-state index contributed by atoms with van der Waals surface area (Å²) in [6.45, 7) is 0. The molecule has 0 heterocycles. The van der Waals surface area contributed by atoms with E-state index in [0.29, 0.717) is 4.90 Å². The first-order chi connectivity index (χ1) is 6.74. The van der Waals surface area contributed by atoms with Crippen LogP contribution in [0.25, 0.3) is 0 Å². The van der Waals surface area contributed by atoms with E-state index < -0.39 is 16.8 Å². The van der Waals surface area contributed by atoms with Gasteiger partial charge < -0.3 is 4.74 Å². The maximum Gasteiger partial charge on any atom is 0.331 e. The van der Waals surface area contributed by atoms with Crippen LogP contribution in [0.5, 0.6) is 0 Å². The molecule has 1 aromatic rings. The quantitative estimate of drug-likeness (QED) is 0.560. The normalized spacial score (nSPS) is 12.6. The fourth-order valence-electron chi connectivity index (χ4n) is 0.819. The zero-order valence-corrected chi connectivity index (χ0v) is 8.49. The highest BCUT2D eigenvalue weighted by atomic mass is 32.2. The molecule has 1 atom stereocenters. The van der Waals surface area contributed by atoms with Crippen LogP contribution in [0.4, 0.5) is 0 Å². The molecular formula is C10H10O3S. The van der Waals surface area contributed by atoms with Crippen molar-refractivity contribution in [3.63, 3.8) is 0 Å². The van der Waals surface area contributed by atoms with Crippen molar-refractivity contribution in [1.82, 2.24) is 0 Å². The van der Waals surface area contributed by atoms with Crippen molar-refractivity contribution in [3.05, 3.63) is 41.8 Å². The molecule has 0 amide bonds. The van der Waals surface area contributed by atoms with Crippen LogP contribution in [0.2, 0.25) is 0 Å². The maximum atomic E-state index is 11.5. The van der Waals surface area contributed by atoms with Gasteiger partial charge in [0.25, 0.3) is 0 Å². The van der Waals surface area contributed by atoms with Gasteiger partial charge in [0.2, 0.25) is 0 Å². The van der Waals surface area contributed by atoms with Crippen LogP contribution >= 0.6 is 0 Å². The molecule has 0 saturated carbocycles. The molecular weight excluding hydrogens is 200 g/mol. The lowest BCUT2D eigenvalue weighted by atomic mass is 10.4. The monoisotopic (exact) mass is 210 g/mol. The summed E-state index contributed by atoms with van der Waals surface area (Å²) in [6.07, 6.45) is 1.16. The van der Waals surface area contributed by atoms with Gasteiger partial charge in [0, 0.05) is 16.4 Å². The Morgan fingerprint density at radius 3 is 2.57 bits per heavy atom. The van der Waals surface area contributed by atoms with Crippen LogP contribution in [0.1, 0.15) is 0 Å². The van der Waals surface area contributed by atoms with Crippen LogP contribution < -0.4 is 0 Å². The van der Waals surface area contributed by atoms with Crippen LogP contribution in [-0.4, -0.2) is 17.3 Å². The van der Waals surface area contributed by atoms with Crippen molar-refractivity contribution in [3.8, 4) is 0 Å². The highest BCUT2D eigenvalue weighted by Crippen LogP contribution is 2.06. The summed E-state index contributed by atoms with van der Waals surface area (Å²) in [5.74, 6) is -0.505. The van der Waals surface area contributed by atoms with Crippen LogP contribution in [0.3, 0.4) is 0 Å². The molecule has 0 unspecified atom stereocenters. The summed E-state index contributed by atoms with van der Waals surface area (Å²) in [5, 5.41) is 1.31. The van der Waals surface area contributed by atoms with Gasteiger partial charge in [-0.3, -0.25) is 0 Å². The molecule has 0 fully saturated rings. The number of hydrogen-bond acceptors (Lipinski definition) is 3. The van der Waals surface area contributed by atoms with Gasteiger partial charge in [0.15, 0.2) is 0 Å². The highest BCUT2D eigenvalue weighted by Gasteiger charge is 1.98. The van der Waals surface area contributed by atoms with E-state index in [-0.39, 0.29) is 0 Å². The van der Waals surface area contributed by atoms with Crippen molar-refractivity contribution >= 4 is 16.8 Å². The number of ether oxygens (including phenoxy) is 1. The predicted octanol–water partition coefficient (Wildman–Crippen LogP) is 1.48. The van der Waals surface area contributed by atoms with Crippen molar-refractivity contribution in [1.29, 1.82) is 0 Å². The second-order valence-electron chi connectivity index (χ2n) is 2.44. The summed E-state index contributed by atoms with van der Waals surface area (Å²) in [7, 11) is -0.0111. The van der Waals surface area contributed by atoms with E-state index in [2.05, 4.69) is 4.74 Å². The first-order valence-corrected chi connectivity index (χ1v) is 5.17. The second-order valence-corrected chi connectivity index (χ2v) is 3.77. The van der Waals surface area contributed by atoms with Gasteiger partial charge >= 0.3 is 5.97 Å². The second kappa shape index (κ2) is 5.34. The lowest BCUT2D eigenvalue weighted by molar-refractivity contribution is -0.134. The van der Waals surface area contributed by atoms with Crippen LogP contribution in [0, 0.1) is 0 Å². The minimum absolute atomic E-state index is 0.505. The van der Waals surface area contributed by atoms with E-state index in [0.717, 1.165) is 6.08 Å². The molecule has 0 aliphatic carbocycles. The minimum Gasteiger partial charge on any atom is -0.466 e. The summed E-state index contributed by atoms with van der Waals surface area (Å²) in [5.41, 5.74) is 0. The molecule has 0 spiro atoms. The standard InChI is InChI=1S/C10H10O3S/c1-13-10(11)7-8-14(12)9-5-3-2-4-6-9/h2-8H,1H3/b8-7-/t14-/m0/s1. The molecule has 0 aliphatic heterocycles. The molecule has 0 N–H and O–H groups in total. The fraction of sp³-hybridized carbons (Fsp3) is 0.100. The third-order valence-corrected chi connectivity index (χ3v) is 2.62. The van der Waals surface area contributed by atoms with Crippen LogP contribution in [-0.2, 0) is 20.3 Å². The minimum atomic E-state index is -1.29. The van der Waals surface area contributed by atoms with Gasteiger partial charge in [-0.2, -0.15) is 0 Å². The van der Waals surface area contributed by atoms with E-state index in [9.17, 15) is 9.00 Å². The molecule has 0 saturated heterocycles. The molecule has 1 aromatic carbocycles. The Morgan fingerprint density at radius 1 is 1.36 bits per heavy atom. The lowest BCUT2D eigenvalue weighted by Crippen LogP contribution is -1.95. The van der Waals surface area contributed by atoms with Gasteiger partial charge in [-0.25, -0.2) is 9.00 Å². The number of methoxy groups -OCH3 is 1. The maximum absolute atomic E-state index is 11.5. The molecule has 0 aromatic heterocycles. The van der Waals surface area contributed by atoms with Gasteiger partial charge in [-0.1, -0.05) is 18.2 Å². The average molecular weight is 210 g/mol. The van der Waals surface area contributed by atoms with Gasteiger partial charge in [0.05, 0.1) is 17.9 Å². The Hall–Kier alpha value is -1.42. The molecule has 1 rings (SSSR count). The first-order valence-electron chi connectivity index (χ1n) is 3.96. The Kier molecular flexibility index (Phi) is 4.07. The molecule has 0 aliphatic rings. The molecule has 14 heavy (non-hydrogen) atoms. The number of carbonyl (C=O) groups excluding carboxylic acids is 1. The lowest BCUT2D eigenvalue weighted by Gasteiger charge is -1.94. The van der Waals surface area contributed by atoms with Crippen molar-refractivity contribution in [2.75, 3.05) is 7.11 Å². The fourth-order valence-corrected chi connectivity index (χ4v) is 1.64. The zero-order chi connectivity index (χ0) is 10.4. The molecule has 0 bridgehead atoms. The molecule has 3 nitrogen and oxygen atoms in total. The number of carbonyl (C=O) groups is 1. The van der Waals surface area contributed by atoms with Gasteiger partial charge in [-0.15, -0.1) is 0 Å². The third-order valence-electron chi connectivity index (χ3n) is 1.50. The largest absolute Gasteiger partial charge is 0.466 e. The number of rotatable bonds is 3. The Bertz CT molecular complexity index is 357. The SMILES string of the molecule is COC(=O)/C=C\[S@](=O)c1ccccc1. The van der Waals surface area contributed by atoms with Crippen LogP contribution in [0.15, 0.2) is 46.7 Å². The number of esters is 1. The van der Waals surface area contributed by atoms with Crippen molar-refractivity contribution in [2.24, 2.45) is 0 Å². The van der Waals surface area contributed by atoms with Crippen molar-refractivity contribution < 1.29 is 13.7 Å². The Balaban J connectivity index is 2.69. The zero-order valence-electron chi connectivity index (χ0n) is 7.67. The molecule has 74 valence electrons. The average Bonchev–Trinajstić information content (AvgIpc) is 2.26. The smallest absolute Gasteiger partial charge is 0.331 e. The van der Waals surface area contributed by atoms with E-state index in [1.54, 1.807) is 24.3 Å². The summed E-state index contributed by atoms with van der Waals surface area (Å²) in [4.78, 5) is 11.4. The third kappa shape index (κ3) is 3.14. The van der Waals surface area contributed by atoms with E-state index in [1.807, 2.05) is 6.07 Å². The topological polar surface area (TPSA) is 43.4 Å². The van der Waals surface area contributed by atoms with E-state index in [1.165, 1.54) is 12.5 Å². The van der Waals surface area contributed by atoms with Gasteiger partial charge in [-0.05, 0) is 12.1 Å².